The van der Waals surface area contributed by atoms with Gasteiger partial charge in [-0.25, -0.2) is 0 Å². The molecule has 1 saturated carbocycles. The average molecular weight is 430 g/mol. The van der Waals surface area contributed by atoms with Gasteiger partial charge >= 0.3 is 0 Å². The first-order valence-electron chi connectivity index (χ1n) is 12.0. The van der Waals surface area contributed by atoms with Crippen LogP contribution in [0.4, 0.5) is 17.1 Å². The highest BCUT2D eigenvalue weighted by molar-refractivity contribution is 5.80. The summed E-state index contributed by atoms with van der Waals surface area (Å²) in [7, 11) is 0. The van der Waals surface area contributed by atoms with Gasteiger partial charge < -0.3 is 4.90 Å². The summed E-state index contributed by atoms with van der Waals surface area (Å²) in [5, 5.41) is 0. The third kappa shape index (κ3) is 4.36. The zero-order valence-corrected chi connectivity index (χ0v) is 19.4. The third-order valence-electron chi connectivity index (χ3n) is 6.90. The molecule has 4 aromatic rings. The van der Waals surface area contributed by atoms with Gasteiger partial charge in [-0.1, -0.05) is 86.2 Å². The molecule has 0 aromatic heterocycles. The molecule has 33 heavy (non-hydrogen) atoms. The van der Waals surface area contributed by atoms with E-state index in [0.29, 0.717) is 5.92 Å². The lowest BCUT2D eigenvalue weighted by atomic mass is 9.89. The van der Waals surface area contributed by atoms with Crippen LogP contribution in [0.1, 0.15) is 48.3 Å². The van der Waals surface area contributed by atoms with E-state index in [4.69, 9.17) is 0 Å². The van der Waals surface area contributed by atoms with E-state index >= 15 is 0 Å². The fraction of sp³-hybridized carbons (Fsp3) is 0.188. The average Bonchev–Trinajstić information content (AvgIpc) is 3.41. The fourth-order valence-electron chi connectivity index (χ4n) is 5.20. The van der Waals surface area contributed by atoms with Crippen molar-refractivity contribution in [1.29, 1.82) is 0 Å². The van der Waals surface area contributed by atoms with Crippen LogP contribution >= 0.6 is 0 Å². The molecule has 0 N–H and O–H groups in total. The molecule has 0 bridgehead atoms. The number of anilines is 3. The quantitative estimate of drug-likeness (QED) is 0.295. The molecular weight excluding hydrogens is 398 g/mol. The minimum Gasteiger partial charge on any atom is -0.310 e. The van der Waals surface area contributed by atoms with E-state index in [1.54, 1.807) is 0 Å². The SMILES string of the molecule is C=Cc1ccc(-c2ccc(N(c3ccccc3)c3ccccc3)c(C)c2)cc1C1CCCC1. The molecule has 1 fully saturated rings. The highest BCUT2D eigenvalue weighted by Gasteiger charge is 2.20. The predicted octanol–water partition coefficient (Wildman–Crippen LogP) is 9.43. The number of rotatable bonds is 6. The van der Waals surface area contributed by atoms with Crippen LogP contribution in [-0.4, -0.2) is 0 Å². The van der Waals surface area contributed by atoms with Crippen LogP contribution in [0.3, 0.4) is 0 Å². The highest BCUT2D eigenvalue weighted by Crippen LogP contribution is 2.40. The van der Waals surface area contributed by atoms with E-state index in [1.165, 1.54) is 70.6 Å². The highest BCUT2D eigenvalue weighted by atomic mass is 15.1. The first-order chi connectivity index (χ1) is 16.2. The van der Waals surface area contributed by atoms with Crippen molar-refractivity contribution in [3.63, 3.8) is 0 Å². The Morgan fingerprint density at radius 2 is 1.30 bits per heavy atom. The fourth-order valence-corrected chi connectivity index (χ4v) is 5.20. The molecule has 0 heterocycles. The summed E-state index contributed by atoms with van der Waals surface area (Å²) in [5.74, 6) is 0.671. The van der Waals surface area contributed by atoms with Gasteiger partial charge in [0.2, 0.25) is 0 Å². The van der Waals surface area contributed by atoms with Crippen LogP contribution < -0.4 is 4.90 Å². The largest absolute Gasteiger partial charge is 0.310 e. The smallest absolute Gasteiger partial charge is 0.0491 e. The lowest BCUT2D eigenvalue weighted by Crippen LogP contribution is -2.11. The second-order valence-corrected chi connectivity index (χ2v) is 9.04. The van der Waals surface area contributed by atoms with Crippen molar-refractivity contribution in [3.05, 3.63) is 120 Å². The second kappa shape index (κ2) is 9.50. The van der Waals surface area contributed by atoms with Gasteiger partial charge in [-0.15, -0.1) is 0 Å². The maximum Gasteiger partial charge on any atom is 0.0491 e. The number of hydrogen-bond donors (Lipinski definition) is 0. The molecule has 0 aliphatic heterocycles. The summed E-state index contributed by atoms with van der Waals surface area (Å²) in [4.78, 5) is 2.34. The van der Waals surface area contributed by atoms with E-state index in [-0.39, 0.29) is 0 Å². The van der Waals surface area contributed by atoms with Gasteiger partial charge in [0.15, 0.2) is 0 Å². The van der Waals surface area contributed by atoms with Crippen molar-refractivity contribution in [1.82, 2.24) is 0 Å². The first-order valence-corrected chi connectivity index (χ1v) is 12.0. The van der Waals surface area contributed by atoms with Crippen LogP contribution in [0.25, 0.3) is 17.2 Å². The lowest BCUT2D eigenvalue weighted by molar-refractivity contribution is 0.722. The van der Waals surface area contributed by atoms with Gasteiger partial charge in [-0.2, -0.15) is 0 Å². The van der Waals surface area contributed by atoms with Crippen molar-refractivity contribution in [3.8, 4) is 11.1 Å². The number of hydrogen-bond acceptors (Lipinski definition) is 1. The number of benzene rings is 4. The van der Waals surface area contributed by atoms with E-state index in [2.05, 4.69) is 115 Å². The maximum atomic E-state index is 4.06. The third-order valence-corrected chi connectivity index (χ3v) is 6.90. The first kappa shape index (κ1) is 21.3. The van der Waals surface area contributed by atoms with Crippen LogP contribution in [0.2, 0.25) is 0 Å². The minimum atomic E-state index is 0.671. The van der Waals surface area contributed by atoms with Crippen molar-refractivity contribution in [2.24, 2.45) is 0 Å². The van der Waals surface area contributed by atoms with E-state index in [9.17, 15) is 0 Å². The zero-order valence-electron chi connectivity index (χ0n) is 19.4. The minimum absolute atomic E-state index is 0.671. The van der Waals surface area contributed by atoms with Gasteiger partial charge in [0, 0.05) is 17.1 Å². The molecular formula is C32H31N. The van der Waals surface area contributed by atoms with Crippen molar-refractivity contribution < 1.29 is 0 Å². The normalized spacial score (nSPS) is 13.7. The van der Waals surface area contributed by atoms with Gasteiger partial charge in [-0.3, -0.25) is 0 Å². The van der Waals surface area contributed by atoms with E-state index in [0.717, 1.165) is 0 Å². The molecule has 0 spiro atoms. The van der Waals surface area contributed by atoms with E-state index in [1.807, 2.05) is 6.08 Å². The monoisotopic (exact) mass is 429 g/mol. The predicted molar refractivity (Wildman–Crippen MR) is 143 cm³/mol. The Kier molecular flexibility index (Phi) is 6.13. The molecule has 5 rings (SSSR count). The molecule has 1 nitrogen and oxygen atoms in total. The Morgan fingerprint density at radius 1 is 0.727 bits per heavy atom. The number of para-hydroxylation sites is 2. The molecule has 0 atom stereocenters. The molecule has 0 unspecified atom stereocenters. The molecule has 1 aliphatic rings. The molecule has 164 valence electrons. The second-order valence-electron chi connectivity index (χ2n) is 9.04. The summed E-state index contributed by atoms with van der Waals surface area (Å²) >= 11 is 0. The van der Waals surface area contributed by atoms with Crippen molar-refractivity contribution >= 4 is 23.1 Å². The Bertz CT molecular complexity index is 1190. The molecule has 1 aliphatic carbocycles. The van der Waals surface area contributed by atoms with Crippen LogP contribution in [0, 0.1) is 6.92 Å². The summed E-state index contributed by atoms with van der Waals surface area (Å²) in [6.07, 6.45) is 7.29. The Labute approximate surface area is 198 Å². The summed E-state index contributed by atoms with van der Waals surface area (Å²) in [6, 6.07) is 35.0. The Morgan fingerprint density at radius 3 is 1.88 bits per heavy atom. The molecule has 4 aromatic carbocycles. The molecule has 0 radical (unpaired) electrons. The zero-order chi connectivity index (χ0) is 22.6. The number of aryl methyl sites for hydroxylation is 1. The summed E-state index contributed by atoms with van der Waals surface area (Å²) in [5.41, 5.74) is 10.1. The molecule has 0 amide bonds. The molecule has 1 heteroatoms. The molecule has 0 saturated heterocycles. The van der Waals surface area contributed by atoms with E-state index < -0.39 is 0 Å². The lowest BCUT2D eigenvalue weighted by Gasteiger charge is -2.27. The van der Waals surface area contributed by atoms with Gasteiger partial charge in [0.1, 0.15) is 0 Å². The van der Waals surface area contributed by atoms with Gasteiger partial charge in [-0.05, 0) is 89.9 Å². The number of nitrogens with zero attached hydrogens (tertiary/aromatic N) is 1. The van der Waals surface area contributed by atoms with Crippen LogP contribution in [-0.2, 0) is 0 Å². The Balaban J connectivity index is 1.55. The van der Waals surface area contributed by atoms with Crippen molar-refractivity contribution in [2.45, 2.75) is 38.5 Å². The standard InChI is InChI=1S/C32H31N/c1-3-25-18-19-28(23-31(25)26-12-10-11-13-26)27-20-21-32(24(2)22-27)33(29-14-6-4-7-15-29)30-16-8-5-9-17-30/h3-9,14-23,26H,1,10-13H2,2H3. The van der Waals surface area contributed by atoms with Crippen molar-refractivity contribution in [2.75, 3.05) is 4.90 Å². The van der Waals surface area contributed by atoms with Gasteiger partial charge in [0.05, 0.1) is 0 Å². The summed E-state index contributed by atoms with van der Waals surface area (Å²) in [6.45, 7) is 6.28. The summed E-state index contributed by atoms with van der Waals surface area (Å²) < 4.78 is 0. The van der Waals surface area contributed by atoms with Gasteiger partial charge in [0.25, 0.3) is 0 Å². The van der Waals surface area contributed by atoms with Crippen LogP contribution in [0.5, 0.6) is 0 Å². The van der Waals surface area contributed by atoms with Crippen LogP contribution in [0.15, 0.2) is 104 Å². The topological polar surface area (TPSA) is 3.24 Å². The maximum absolute atomic E-state index is 4.06. The Hall–Kier alpha value is -3.58.